The minimum Gasteiger partial charge on any atom is -0.251 e. The average Bonchev–Trinajstić information content (AvgIpc) is 2.07. The molecule has 1 aromatic carbocycles. The fourth-order valence-electron chi connectivity index (χ4n) is 1.25. The van der Waals surface area contributed by atoms with Gasteiger partial charge in [-0.1, -0.05) is 18.2 Å². The van der Waals surface area contributed by atoms with Crippen molar-refractivity contribution < 1.29 is 0 Å². The maximum absolute atomic E-state index is 3.26. The lowest BCUT2D eigenvalue weighted by Gasteiger charge is -2.14. The van der Waals surface area contributed by atoms with Crippen molar-refractivity contribution in [2.24, 2.45) is 0 Å². The molecule has 0 bridgehead atoms. The fourth-order valence-corrected chi connectivity index (χ4v) is 1.25. The number of hydrogen-bond acceptors (Lipinski definition) is 2. The van der Waals surface area contributed by atoms with E-state index in [4.69, 9.17) is 0 Å². The third-order valence-corrected chi connectivity index (χ3v) is 2.30. The Kier molecular flexibility index (Phi) is 3.46. The van der Waals surface area contributed by atoms with E-state index >= 15 is 0 Å². The van der Waals surface area contributed by atoms with E-state index in [1.807, 2.05) is 19.1 Å². The number of benzene rings is 1. The summed E-state index contributed by atoms with van der Waals surface area (Å²) in [6, 6.07) is 6.42. The molecule has 13 heavy (non-hydrogen) atoms. The standard InChI is InChI=1S/C11H18N2/c1-9-6-5-7-11(10(9)2)8-12-13(3)4/h5-7,12H,8H2,1-4H3. The highest BCUT2D eigenvalue weighted by Gasteiger charge is 1.99. The van der Waals surface area contributed by atoms with Gasteiger partial charge < -0.3 is 0 Å². The highest BCUT2D eigenvalue weighted by Crippen LogP contribution is 2.11. The zero-order chi connectivity index (χ0) is 9.84. The number of rotatable bonds is 3. The van der Waals surface area contributed by atoms with Crippen molar-refractivity contribution in [2.75, 3.05) is 14.1 Å². The number of hydrogen-bond donors (Lipinski definition) is 1. The molecule has 0 radical (unpaired) electrons. The summed E-state index contributed by atoms with van der Waals surface area (Å²) in [5.74, 6) is 0. The summed E-state index contributed by atoms with van der Waals surface area (Å²) < 4.78 is 0. The van der Waals surface area contributed by atoms with Crippen LogP contribution in [0, 0.1) is 13.8 Å². The Labute approximate surface area is 80.5 Å². The fraction of sp³-hybridized carbons (Fsp3) is 0.455. The topological polar surface area (TPSA) is 15.3 Å². The third kappa shape index (κ3) is 2.83. The summed E-state index contributed by atoms with van der Waals surface area (Å²) in [5, 5.41) is 1.97. The van der Waals surface area contributed by atoms with E-state index < -0.39 is 0 Å². The second-order valence-corrected chi connectivity index (χ2v) is 3.59. The van der Waals surface area contributed by atoms with Crippen LogP contribution in [0.25, 0.3) is 0 Å². The normalized spacial score (nSPS) is 10.8. The molecule has 0 aliphatic carbocycles. The summed E-state index contributed by atoms with van der Waals surface area (Å²) in [6.45, 7) is 5.22. The SMILES string of the molecule is Cc1cccc(CNN(C)C)c1C. The Bertz CT molecular complexity index is 279. The van der Waals surface area contributed by atoms with E-state index in [9.17, 15) is 0 Å². The van der Waals surface area contributed by atoms with Crippen LogP contribution in [0.2, 0.25) is 0 Å². The minimum absolute atomic E-state index is 0.903. The van der Waals surface area contributed by atoms with Gasteiger partial charge in [0.2, 0.25) is 0 Å². The monoisotopic (exact) mass is 178 g/mol. The van der Waals surface area contributed by atoms with Gasteiger partial charge in [-0.3, -0.25) is 10.4 Å². The zero-order valence-corrected chi connectivity index (χ0v) is 8.89. The first kappa shape index (κ1) is 10.2. The average molecular weight is 178 g/mol. The molecule has 0 spiro atoms. The largest absolute Gasteiger partial charge is 0.251 e. The van der Waals surface area contributed by atoms with Gasteiger partial charge in [0.05, 0.1) is 0 Å². The molecule has 1 aromatic rings. The molecule has 0 unspecified atom stereocenters. The van der Waals surface area contributed by atoms with E-state index in [1.54, 1.807) is 0 Å². The van der Waals surface area contributed by atoms with Gasteiger partial charge in [0, 0.05) is 20.6 Å². The zero-order valence-electron chi connectivity index (χ0n) is 8.89. The van der Waals surface area contributed by atoms with Gasteiger partial charge in [0.25, 0.3) is 0 Å². The first-order chi connectivity index (χ1) is 6.11. The molecule has 0 amide bonds. The summed E-state index contributed by atoms with van der Waals surface area (Å²) >= 11 is 0. The van der Waals surface area contributed by atoms with Crippen molar-refractivity contribution in [1.82, 2.24) is 10.4 Å². The summed E-state index contributed by atoms with van der Waals surface area (Å²) in [7, 11) is 4.01. The summed E-state index contributed by atoms with van der Waals surface area (Å²) in [6.07, 6.45) is 0. The van der Waals surface area contributed by atoms with Crippen LogP contribution in [-0.4, -0.2) is 19.1 Å². The number of nitrogens with one attached hydrogen (secondary N) is 1. The van der Waals surface area contributed by atoms with Crippen LogP contribution in [-0.2, 0) is 6.54 Å². The van der Waals surface area contributed by atoms with Crippen molar-refractivity contribution in [3.8, 4) is 0 Å². The molecule has 2 heteroatoms. The van der Waals surface area contributed by atoms with E-state index in [1.165, 1.54) is 16.7 Å². The van der Waals surface area contributed by atoms with Gasteiger partial charge in [-0.05, 0) is 30.5 Å². The van der Waals surface area contributed by atoms with Gasteiger partial charge in [-0.15, -0.1) is 0 Å². The number of nitrogens with zero attached hydrogens (tertiary/aromatic N) is 1. The van der Waals surface area contributed by atoms with Crippen molar-refractivity contribution in [1.29, 1.82) is 0 Å². The van der Waals surface area contributed by atoms with Gasteiger partial charge in [0.1, 0.15) is 0 Å². The maximum atomic E-state index is 3.26. The van der Waals surface area contributed by atoms with Crippen LogP contribution in [0.4, 0.5) is 0 Å². The second kappa shape index (κ2) is 4.40. The number of aryl methyl sites for hydroxylation is 1. The van der Waals surface area contributed by atoms with Gasteiger partial charge in [0.15, 0.2) is 0 Å². The number of hydrazine groups is 1. The summed E-state index contributed by atoms with van der Waals surface area (Å²) in [5.41, 5.74) is 7.38. The van der Waals surface area contributed by atoms with Crippen LogP contribution < -0.4 is 5.43 Å². The molecule has 0 aliphatic heterocycles. The van der Waals surface area contributed by atoms with Gasteiger partial charge >= 0.3 is 0 Å². The van der Waals surface area contributed by atoms with E-state index in [0.717, 1.165) is 6.54 Å². The highest BCUT2D eigenvalue weighted by molar-refractivity contribution is 5.32. The Morgan fingerprint density at radius 2 is 1.92 bits per heavy atom. The van der Waals surface area contributed by atoms with Crippen molar-refractivity contribution >= 4 is 0 Å². The molecular formula is C11H18N2. The predicted octanol–water partition coefficient (Wildman–Crippen LogP) is 1.87. The molecular weight excluding hydrogens is 160 g/mol. The lowest BCUT2D eigenvalue weighted by atomic mass is 10.0. The Morgan fingerprint density at radius 1 is 1.23 bits per heavy atom. The van der Waals surface area contributed by atoms with Crippen LogP contribution in [0.3, 0.4) is 0 Å². The Morgan fingerprint density at radius 3 is 2.54 bits per heavy atom. The smallest absolute Gasteiger partial charge is 0.0355 e. The molecule has 2 nitrogen and oxygen atoms in total. The lowest BCUT2D eigenvalue weighted by molar-refractivity contribution is 0.285. The molecule has 0 aliphatic rings. The quantitative estimate of drug-likeness (QED) is 0.711. The first-order valence-electron chi connectivity index (χ1n) is 4.57. The minimum atomic E-state index is 0.903. The van der Waals surface area contributed by atoms with Crippen molar-refractivity contribution in [2.45, 2.75) is 20.4 Å². The van der Waals surface area contributed by atoms with E-state index in [0.29, 0.717) is 0 Å². The first-order valence-corrected chi connectivity index (χ1v) is 4.57. The van der Waals surface area contributed by atoms with Crippen molar-refractivity contribution in [3.05, 3.63) is 34.9 Å². The van der Waals surface area contributed by atoms with Gasteiger partial charge in [-0.2, -0.15) is 0 Å². The third-order valence-electron chi connectivity index (χ3n) is 2.30. The second-order valence-electron chi connectivity index (χ2n) is 3.59. The lowest BCUT2D eigenvalue weighted by Crippen LogP contribution is -2.29. The molecule has 0 saturated heterocycles. The molecule has 0 heterocycles. The summed E-state index contributed by atoms with van der Waals surface area (Å²) in [4.78, 5) is 0. The van der Waals surface area contributed by atoms with Gasteiger partial charge in [-0.25, -0.2) is 0 Å². The van der Waals surface area contributed by atoms with E-state index in [-0.39, 0.29) is 0 Å². The molecule has 0 aromatic heterocycles. The maximum Gasteiger partial charge on any atom is 0.0355 e. The van der Waals surface area contributed by atoms with Crippen LogP contribution >= 0.6 is 0 Å². The Hall–Kier alpha value is -0.860. The molecule has 1 rings (SSSR count). The molecule has 0 atom stereocenters. The molecule has 72 valence electrons. The van der Waals surface area contributed by atoms with Crippen LogP contribution in [0.15, 0.2) is 18.2 Å². The van der Waals surface area contributed by atoms with Crippen molar-refractivity contribution in [3.63, 3.8) is 0 Å². The van der Waals surface area contributed by atoms with E-state index in [2.05, 4.69) is 37.5 Å². The predicted molar refractivity (Wildman–Crippen MR) is 56.4 cm³/mol. The molecule has 0 fully saturated rings. The highest BCUT2D eigenvalue weighted by atomic mass is 15.5. The molecule has 0 saturated carbocycles. The molecule has 1 N–H and O–H groups in total. The van der Waals surface area contributed by atoms with Crippen LogP contribution in [0.1, 0.15) is 16.7 Å². The van der Waals surface area contributed by atoms with Crippen LogP contribution in [0.5, 0.6) is 0 Å². The Balaban J connectivity index is 2.71.